The molecule has 0 aliphatic rings. The van der Waals surface area contributed by atoms with Gasteiger partial charge in [0.25, 0.3) is 0 Å². The fourth-order valence-electron chi connectivity index (χ4n) is 4.85. The van der Waals surface area contributed by atoms with Crippen molar-refractivity contribution in [3.05, 3.63) is 99.4 Å². The van der Waals surface area contributed by atoms with Crippen molar-refractivity contribution in [2.24, 2.45) is 5.92 Å². The topological polar surface area (TPSA) is 17.8 Å². The molecule has 1 aromatic heterocycles. The average Bonchev–Trinajstić information content (AvgIpc) is 3.13. The Kier molecular flexibility index (Phi) is 6.24. The highest BCUT2D eigenvalue weighted by Gasteiger charge is 2.20. The van der Waals surface area contributed by atoms with E-state index in [1.54, 1.807) is 0 Å². The van der Waals surface area contributed by atoms with Crippen LogP contribution in [0.2, 0.25) is 0 Å². The molecule has 0 radical (unpaired) electrons. The average molecular weight is 425 g/mol. The Hall–Kier alpha value is -2.87. The van der Waals surface area contributed by atoms with E-state index in [0.29, 0.717) is 5.92 Å². The summed E-state index contributed by atoms with van der Waals surface area (Å²) in [7, 11) is 0. The third kappa shape index (κ3) is 4.24. The zero-order valence-corrected chi connectivity index (χ0v) is 20.7. The first kappa shape index (κ1) is 22.3. The standard InChI is InChI=1S/C30H36N2/c1-19(2)16-25-12-14-26(15-13-25)24(7)30-31-28-10-8-9-11-29(28)32(30)18-27-22(5)20(3)17-21(4)23(27)6/h8-15,17,19,24H,16,18H2,1-7H3. The first-order chi connectivity index (χ1) is 15.3. The molecule has 0 fully saturated rings. The normalized spacial score (nSPS) is 12.6. The minimum atomic E-state index is 0.224. The maximum atomic E-state index is 5.12. The van der Waals surface area contributed by atoms with Crippen LogP contribution in [0.4, 0.5) is 0 Å². The number of hydrogen-bond donors (Lipinski definition) is 0. The number of imidazole rings is 1. The number of fused-ring (bicyclic) bond motifs is 1. The quantitative estimate of drug-likeness (QED) is 0.310. The van der Waals surface area contributed by atoms with Gasteiger partial charge in [0.15, 0.2) is 0 Å². The summed E-state index contributed by atoms with van der Waals surface area (Å²) in [5, 5.41) is 0. The highest BCUT2D eigenvalue weighted by Crippen LogP contribution is 2.30. The van der Waals surface area contributed by atoms with Crippen molar-refractivity contribution >= 4 is 11.0 Å². The summed E-state index contributed by atoms with van der Waals surface area (Å²) >= 11 is 0. The van der Waals surface area contributed by atoms with E-state index in [0.717, 1.165) is 24.3 Å². The molecule has 0 saturated carbocycles. The van der Waals surface area contributed by atoms with Crippen LogP contribution in [0.3, 0.4) is 0 Å². The molecule has 0 aliphatic carbocycles. The van der Waals surface area contributed by atoms with E-state index in [1.165, 1.54) is 44.5 Å². The van der Waals surface area contributed by atoms with Crippen molar-refractivity contribution in [3.8, 4) is 0 Å². The summed E-state index contributed by atoms with van der Waals surface area (Å²) in [6.45, 7) is 16.6. The van der Waals surface area contributed by atoms with Gasteiger partial charge < -0.3 is 4.57 Å². The molecule has 1 atom stereocenters. The van der Waals surface area contributed by atoms with E-state index in [4.69, 9.17) is 4.98 Å². The molecule has 1 unspecified atom stereocenters. The van der Waals surface area contributed by atoms with Gasteiger partial charge in [-0.1, -0.05) is 63.2 Å². The number of para-hydroxylation sites is 2. The van der Waals surface area contributed by atoms with Crippen LogP contribution in [0.25, 0.3) is 11.0 Å². The molecule has 0 spiro atoms. The van der Waals surface area contributed by atoms with Gasteiger partial charge >= 0.3 is 0 Å². The van der Waals surface area contributed by atoms with Crippen LogP contribution in [-0.2, 0) is 13.0 Å². The van der Waals surface area contributed by atoms with Crippen LogP contribution < -0.4 is 0 Å². The van der Waals surface area contributed by atoms with E-state index in [-0.39, 0.29) is 5.92 Å². The van der Waals surface area contributed by atoms with Crippen molar-refractivity contribution in [2.45, 2.75) is 67.3 Å². The molecule has 1 heterocycles. The van der Waals surface area contributed by atoms with E-state index in [2.05, 4.69) is 108 Å². The Morgan fingerprint density at radius 2 is 1.44 bits per heavy atom. The number of rotatable bonds is 6. The number of aryl methyl sites for hydroxylation is 2. The Labute approximate surface area is 193 Å². The first-order valence-electron chi connectivity index (χ1n) is 11.9. The lowest BCUT2D eigenvalue weighted by molar-refractivity contribution is 0.646. The molecular weight excluding hydrogens is 388 g/mol. The Morgan fingerprint density at radius 1 is 0.812 bits per heavy atom. The van der Waals surface area contributed by atoms with Gasteiger partial charge in [-0.15, -0.1) is 0 Å². The summed E-state index contributed by atoms with van der Waals surface area (Å²) in [4.78, 5) is 5.12. The highest BCUT2D eigenvalue weighted by atomic mass is 15.1. The smallest absolute Gasteiger partial charge is 0.117 e. The van der Waals surface area contributed by atoms with Crippen LogP contribution in [0.1, 0.15) is 71.5 Å². The molecular formula is C30H36N2. The minimum absolute atomic E-state index is 0.224. The van der Waals surface area contributed by atoms with Crippen LogP contribution in [0, 0.1) is 33.6 Å². The van der Waals surface area contributed by atoms with Gasteiger partial charge in [-0.05, 0) is 91.1 Å². The first-order valence-corrected chi connectivity index (χ1v) is 11.9. The molecule has 0 bridgehead atoms. The van der Waals surface area contributed by atoms with Crippen molar-refractivity contribution in [2.75, 3.05) is 0 Å². The SMILES string of the molecule is Cc1cc(C)c(C)c(Cn2c(C(C)c3ccc(CC(C)C)cc3)nc3ccccc32)c1C. The Morgan fingerprint density at radius 3 is 2.06 bits per heavy atom. The molecule has 0 N–H and O–H groups in total. The fourth-order valence-corrected chi connectivity index (χ4v) is 4.85. The Bertz CT molecular complexity index is 1220. The van der Waals surface area contributed by atoms with Gasteiger partial charge in [-0.2, -0.15) is 0 Å². The number of aromatic nitrogens is 2. The lowest BCUT2D eigenvalue weighted by atomic mass is 9.93. The number of hydrogen-bond acceptors (Lipinski definition) is 1. The van der Waals surface area contributed by atoms with Gasteiger partial charge in [0.1, 0.15) is 5.82 Å². The molecule has 0 saturated heterocycles. The van der Waals surface area contributed by atoms with E-state index in [9.17, 15) is 0 Å². The number of nitrogens with zero attached hydrogens (tertiary/aromatic N) is 2. The largest absolute Gasteiger partial charge is 0.323 e. The molecule has 4 aromatic rings. The molecule has 32 heavy (non-hydrogen) atoms. The minimum Gasteiger partial charge on any atom is -0.323 e. The highest BCUT2D eigenvalue weighted by molar-refractivity contribution is 5.76. The third-order valence-corrected chi connectivity index (χ3v) is 7.03. The van der Waals surface area contributed by atoms with Gasteiger partial charge in [0.2, 0.25) is 0 Å². The van der Waals surface area contributed by atoms with Crippen molar-refractivity contribution in [1.29, 1.82) is 0 Å². The van der Waals surface area contributed by atoms with Crippen LogP contribution >= 0.6 is 0 Å². The monoisotopic (exact) mass is 424 g/mol. The van der Waals surface area contributed by atoms with Crippen LogP contribution in [-0.4, -0.2) is 9.55 Å². The van der Waals surface area contributed by atoms with E-state index >= 15 is 0 Å². The summed E-state index contributed by atoms with van der Waals surface area (Å²) in [5.74, 6) is 2.04. The second kappa shape index (κ2) is 8.94. The predicted octanol–water partition coefficient (Wildman–Crippen LogP) is 7.67. The summed E-state index contributed by atoms with van der Waals surface area (Å²) < 4.78 is 2.44. The van der Waals surface area contributed by atoms with E-state index in [1.807, 2.05) is 0 Å². The third-order valence-electron chi connectivity index (χ3n) is 7.03. The molecule has 0 aliphatic heterocycles. The van der Waals surface area contributed by atoms with E-state index < -0.39 is 0 Å². The summed E-state index contributed by atoms with van der Waals surface area (Å²) in [5.41, 5.74) is 11.9. The molecule has 166 valence electrons. The zero-order valence-electron chi connectivity index (χ0n) is 20.7. The molecule has 4 rings (SSSR count). The second-order valence-electron chi connectivity index (χ2n) is 9.85. The summed E-state index contributed by atoms with van der Waals surface area (Å²) in [6.07, 6.45) is 1.12. The second-order valence-corrected chi connectivity index (χ2v) is 9.85. The Balaban J connectivity index is 1.79. The maximum Gasteiger partial charge on any atom is 0.117 e. The van der Waals surface area contributed by atoms with Gasteiger partial charge in [0, 0.05) is 12.5 Å². The molecule has 2 nitrogen and oxygen atoms in total. The lowest BCUT2D eigenvalue weighted by Gasteiger charge is -2.20. The molecule has 2 heteroatoms. The maximum absolute atomic E-state index is 5.12. The van der Waals surface area contributed by atoms with Gasteiger partial charge in [-0.3, -0.25) is 0 Å². The van der Waals surface area contributed by atoms with Gasteiger partial charge in [-0.25, -0.2) is 4.98 Å². The lowest BCUT2D eigenvalue weighted by Crippen LogP contribution is -2.12. The fraction of sp³-hybridized carbons (Fsp3) is 0.367. The van der Waals surface area contributed by atoms with Crippen LogP contribution in [0.5, 0.6) is 0 Å². The molecule has 3 aromatic carbocycles. The van der Waals surface area contributed by atoms with Gasteiger partial charge in [0.05, 0.1) is 11.0 Å². The van der Waals surface area contributed by atoms with Crippen molar-refractivity contribution in [3.63, 3.8) is 0 Å². The zero-order chi connectivity index (χ0) is 23.0. The predicted molar refractivity (Wildman–Crippen MR) is 137 cm³/mol. The summed E-state index contributed by atoms with van der Waals surface area (Å²) in [6, 6.07) is 20.0. The van der Waals surface area contributed by atoms with Crippen LogP contribution in [0.15, 0.2) is 54.6 Å². The van der Waals surface area contributed by atoms with Crippen molar-refractivity contribution in [1.82, 2.24) is 9.55 Å². The molecule has 0 amide bonds. The van der Waals surface area contributed by atoms with Crippen molar-refractivity contribution < 1.29 is 0 Å². The number of benzene rings is 3.